The van der Waals surface area contributed by atoms with Crippen LogP contribution in [-0.4, -0.2) is 18.9 Å². The summed E-state index contributed by atoms with van der Waals surface area (Å²) in [5, 5.41) is -3.41. The third-order valence-electron chi connectivity index (χ3n) is 4.19. The second kappa shape index (κ2) is 9.57. The summed E-state index contributed by atoms with van der Waals surface area (Å²) < 4.78 is 154. The first-order chi connectivity index (χ1) is 14.9. The zero-order valence-electron chi connectivity index (χ0n) is 15.8. The van der Waals surface area contributed by atoms with Crippen LogP contribution < -0.4 is 0 Å². The second-order valence-electron chi connectivity index (χ2n) is 6.14. The van der Waals surface area contributed by atoms with Crippen LogP contribution in [0.3, 0.4) is 0 Å². The van der Waals surface area contributed by atoms with Crippen molar-refractivity contribution >= 4 is 40.4 Å². The Balaban J connectivity index is 0.000000227. The molecule has 0 nitrogen and oxygen atoms in total. The van der Waals surface area contributed by atoms with E-state index in [0.29, 0.717) is 24.3 Å². The maximum Gasteiger partial charge on any atom is 0.195 e. The van der Waals surface area contributed by atoms with E-state index >= 15 is 0 Å². The van der Waals surface area contributed by atoms with Gasteiger partial charge in [0.05, 0.1) is 10.8 Å². The van der Waals surface area contributed by atoms with Gasteiger partial charge >= 0.3 is 0 Å². The fraction of sp³-hybridized carbons (Fsp3) is 0. The van der Waals surface area contributed by atoms with Crippen LogP contribution in [0.1, 0.15) is 0 Å². The van der Waals surface area contributed by atoms with Crippen molar-refractivity contribution in [1.29, 1.82) is 0 Å². The van der Waals surface area contributed by atoms with Gasteiger partial charge in [0.1, 0.15) is 0 Å². The van der Waals surface area contributed by atoms with Crippen molar-refractivity contribution in [2.45, 2.75) is 0 Å². The number of hydrogen-bond donors (Lipinski definition) is 0. The summed E-state index contributed by atoms with van der Waals surface area (Å²) in [5.41, 5.74) is 0. The number of fused-ring (bicyclic) bond motifs is 2. The molecule has 4 aromatic carbocycles. The van der Waals surface area contributed by atoms with Crippen molar-refractivity contribution < 1.29 is 52.7 Å². The SMILES string of the molecule is Fc1cc2cc(F)c(F)c(F)c2c(F)c1F.Fc1cc2cc(F)c(F)c(F)c2c(F)c1F.[Li]. The average Bonchev–Trinajstić information content (AvgIpc) is 2.73. The normalized spacial score (nSPS) is 10.8. The molecule has 4 rings (SSSR count). The molecule has 0 aromatic heterocycles. The molecule has 13 heteroatoms. The van der Waals surface area contributed by atoms with Crippen LogP contribution in [0.25, 0.3) is 21.5 Å². The predicted molar refractivity (Wildman–Crippen MR) is 93.1 cm³/mol. The summed E-state index contributed by atoms with van der Waals surface area (Å²) in [6.07, 6.45) is 0. The minimum absolute atomic E-state index is 0. The smallest absolute Gasteiger partial charge is 0.195 e. The van der Waals surface area contributed by atoms with E-state index in [0.717, 1.165) is 0 Å². The van der Waals surface area contributed by atoms with Gasteiger partial charge in [0, 0.05) is 18.9 Å². The standard InChI is InChI=1S/2C10H2F6.Li/c2*11-4-1-3-2-5(12)8(14)10(16)6(3)9(15)7(4)13;/h2*1-2H;. The molecule has 0 N–H and O–H groups in total. The Hall–Kier alpha value is -2.84. The Morgan fingerprint density at radius 1 is 0.303 bits per heavy atom. The van der Waals surface area contributed by atoms with Gasteiger partial charge in [-0.3, -0.25) is 0 Å². The number of halogens is 12. The van der Waals surface area contributed by atoms with Crippen molar-refractivity contribution in [3.8, 4) is 0 Å². The fourth-order valence-electron chi connectivity index (χ4n) is 2.73. The third-order valence-corrected chi connectivity index (χ3v) is 4.19. The Labute approximate surface area is 187 Å². The van der Waals surface area contributed by atoms with Gasteiger partial charge in [-0.25, -0.2) is 52.7 Å². The Morgan fingerprint density at radius 2 is 0.485 bits per heavy atom. The van der Waals surface area contributed by atoms with E-state index in [9.17, 15) is 52.7 Å². The second-order valence-corrected chi connectivity index (χ2v) is 6.14. The molecule has 169 valence electrons. The first-order valence-electron chi connectivity index (χ1n) is 8.08. The molecule has 0 aliphatic carbocycles. The zero-order chi connectivity index (χ0) is 24.1. The van der Waals surface area contributed by atoms with E-state index in [-0.39, 0.29) is 18.9 Å². The van der Waals surface area contributed by atoms with Gasteiger partial charge in [-0.15, -0.1) is 0 Å². The van der Waals surface area contributed by atoms with Gasteiger partial charge in [-0.05, 0) is 35.0 Å². The molecule has 0 aliphatic heterocycles. The van der Waals surface area contributed by atoms with Gasteiger partial charge in [-0.2, -0.15) is 0 Å². The van der Waals surface area contributed by atoms with E-state index in [1.807, 2.05) is 0 Å². The molecule has 0 fully saturated rings. The van der Waals surface area contributed by atoms with Gasteiger partial charge < -0.3 is 0 Å². The number of hydrogen-bond acceptors (Lipinski definition) is 0. The van der Waals surface area contributed by atoms with E-state index in [4.69, 9.17) is 0 Å². The molecule has 0 saturated heterocycles. The van der Waals surface area contributed by atoms with Crippen molar-refractivity contribution in [2.75, 3.05) is 0 Å². The molecule has 0 aliphatic rings. The number of benzene rings is 4. The van der Waals surface area contributed by atoms with Crippen LogP contribution in [0.15, 0.2) is 24.3 Å². The molecule has 0 amide bonds. The Bertz CT molecular complexity index is 1200. The van der Waals surface area contributed by atoms with Crippen molar-refractivity contribution in [2.24, 2.45) is 0 Å². The summed E-state index contributed by atoms with van der Waals surface area (Å²) in [4.78, 5) is 0. The molecule has 33 heavy (non-hydrogen) atoms. The van der Waals surface area contributed by atoms with Gasteiger partial charge in [0.15, 0.2) is 69.8 Å². The van der Waals surface area contributed by atoms with Gasteiger partial charge in [-0.1, -0.05) is 0 Å². The summed E-state index contributed by atoms with van der Waals surface area (Å²) in [6.45, 7) is 0. The van der Waals surface area contributed by atoms with E-state index in [2.05, 4.69) is 0 Å². The van der Waals surface area contributed by atoms with Crippen LogP contribution in [0.5, 0.6) is 0 Å². The molecule has 0 atom stereocenters. The van der Waals surface area contributed by atoms with E-state index in [1.165, 1.54) is 0 Å². The summed E-state index contributed by atoms with van der Waals surface area (Å²) in [5.74, 6) is -21.7. The third kappa shape index (κ3) is 4.50. The van der Waals surface area contributed by atoms with Gasteiger partial charge in [0.25, 0.3) is 0 Å². The van der Waals surface area contributed by atoms with Crippen molar-refractivity contribution in [3.05, 3.63) is 94.1 Å². The topological polar surface area (TPSA) is 0 Å². The maximum absolute atomic E-state index is 13.1. The minimum Gasteiger partial charge on any atom is -0.204 e. The maximum atomic E-state index is 13.1. The molecule has 0 bridgehead atoms. The minimum atomic E-state index is -1.93. The van der Waals surface area contributed by atoms with Gasteiger partial charge in [0.2, 0.25) is 0 Å². The van der Waals surface area contributed by atoms with E-state index in [1.54, 1.807) is 0 Å². The zero-order valence-corrected chi connectivity index (χ0v) is 15.8. The summed E-state index contributed by atoms with van der Waals surface area (Å²) in [6, 6.07) is 1.55. The molecule has 0 unspecified atom stereocenters. The molecule has 4 aromatic rings. The monoisotopic (exact) mass is 479 g/mol. The molecular formula is C20H4F12Li. The quantitative estimate of drug-likeness (QED) is 0.145. The van der Waals surface area contributed by atoms with Crippen LogP contribution in [0, 0.1) is 69.8 Å². The van der Waals surface area contributed by atoms with Crippen LogP contribution in [0.2, 0.25) is 0 Å². The summed E-state index contributed by atoms with van der Waals surface area (Å²) in [7, 11) is 0. The molecule has 0 spiro atoms. The first kappa shape index (κ1) is 26.4. The molecule has 0 saturated carbocycles. The molecular weight excluding hydrogens is 475 g/mol. The van der Waals surface area contributed by atoms with Crippen LogP contribution >= 0.6 is 0 Å². The fourth-order valence-corrected chi connectivity index (χ4v) is 2.73. The average molecular weight is 479 g/mol. The molecule has 0 heterocycles. The summed E-state index contributed by atoms with van der Waals surface area (Å²) >= 11 is 0. The number of rotatable bonds is 0. The largest absolute Gasteiger partial charge is 0.204 e. The Kier molecular flexibility index (Phi) is 7.66. The first-order valence-corrected chi connectivity index (χ1v) is 8.08. The van der Waals surface area contributed by atoms with E-state index < -0.39 is 91.4 Å². The van der Waals surface area contributed by atoms with Crippen molar-refractivity contribution in [3.63, 3.8) is 0 Å². The molecule has 1 radical (unpaired) electrons. The van der Waals surface area contributed by atoms with Crippen LogP contribution in [-0.2, 0) is 0 Å². The van der Waals surface area contributed by atoms with Crippen molar-refractivity contribution in [1.82, 2.24) is 0 Å². The van der Waals surface area contributed by atoms with Crippen LogP contribution in [0.4, 0.5) is 52.7 Å². The Morgan fingerprint density at radius 3 is 0.667 bits per heavy atom. The predicted octanol–water partition coefficient (Wildman–Crippen LogP) is 6.97.